The van der Waals surface area contributed by atoms with Gasteiger partial charge in [0.05, 0.1) is 37.4 Å². The molecular weight excluding hydrogens is 290 g/mol. The third-order valence-electron chi connectivity index (χ3n) is 3.16. The van der Waals surface area contributed by atoms with Crippen LogP contribution in [-0.2, 0) is 11.2 Å². The highest BCUT2D eigenvalue weighted by molar-refractivity contribution is 5.54. The van der Waals surface area contributed by atoms with Crippen molar-refractivity contribution in [3.63, 3.8) is 0 Å². The molecule has 0 aliphatic rings. The normalized spacial score (nSPS) is 11.3. The van der Waals surface area contributed by atoms with E-state index in [1.165, 1.54) is 20.3 Å². The van der Waals surface area contributed by atoms with Crippen molar-refractivity contribution in [2.24, 2.45) is 0 Å². The number of methoxy groups -OCH3 is 2. The van der Waals surface area contributed by atoms with Gasteiger partial charge >= 0.3 is 0 Å². The molecule has 7 heteroatoms. The molecule has 0 amide bonds. The zero-order valence-corrected chi connectivity index (χ0v) is 13.4. The number of nitro groups is 1. The van der Waals surface area contributed by atoms with Crippen LogP contribution in [-0.4, -0.2) is 43.1 Å². The van der Waals surface area contributed by atoms with Gasteiger partial charge in [0.2, 0.25) is 0 Å². The summed E-state index contributed by atoms with van der Waals surface area (Å²) in [6.07, 6.45) is 0.879. The van der Waals surface area contributed by atoms with Gasteiger partial charge in [-0.2, -0.15) is 0 Å². The molecule has 0 saturated carbocycles. The van der Waals surface area contributed by atoms with Crippen molar-refractivity contribution in [1.82, 2.24) is 0 Å². The molecule has 22 heavy (non-hydrogen) atoms. The molecule has 124 valence electrons. The van der Waals surface area contributed by atoms with E-state index in [0.29, 0.717) is 43.1 Å². The molecule has 0 aromatic heterocycles. The van der Waals surface area contributed by atoms with Crippen molar-refractivity contribution >= 4 is 5.69 Å². The first-order valence-electron chi connectivity index (χ1n) is 6.98. The number of hydrogen-bond acceptors (Lipinski definition) is 6. The quantitative estimate of drug-likeness (QED) is 0.427. The standard InChI is InChI=1S/C15H23NO6/c1-15(2,17)6-8-22-7-5-11-9-13(20-3)14(21-4)10-12(11)16(18)19/h9-10,17H,5-8H2,1-4H3. The Kier molecular flexibility index (Phi) is 6.58. The zero-order chi connectivity index (χ0) is 16.8. The summed E-state index contributed by atoms with van der Waals surface area (Å²) in [5.41, 5.74) is -0.287. The van der Waals surface area contributed by atoms with Crippen LogP contribution in [0.4, 0.5) is 5.69 Å². The highest BCUT2D eigenvalue weighted by Gasteiger charge is 2.19. The van der Waals surface area contributed by atoms with Gasteiger partial charge in [-0.15, -0.1) is 0 Å². The maximum absolute atomic E-state index is 11.1. The van der Waals surface area contributed by atoms with Gasteiger partial charge in [0.25, 0.3) is 5.69 Å². The molecule has 0 radical (unpaired) electrons. The Morgan fingerprint density at radius 2 is 1.77 bits per heavy atom. The summed E-state index contributed by atoms with van der Waals surface area (Å²) in [7, 11) is 2.91. The van der Waals surface area contributed by atoms with Gasteiger partial charge in [0.1, 0.15) is 0 Å². The summed E-state index contributed by atoms with van der Waals surface area (Å²) in [6, 6.07) is 2.95. The topological polar surface area (TPSA) is 91.1 Å². The van der Waals surface area contributed by atoms with Crippen LogP contribution in [0.15, 0.2) is 12.1 Å². The average molecular weight is 313 g/mol. The molecule has 0 atom stereocenters. The Morgan fingerprint density at radius 3 is 2.27 bits per heavy atom. The Balaban J connectivity index is 2.74. The van der Waals surface area contributed by atoms with Crippen LogP contribution < -0.4 is 9.47 Å². The fraction of sp³-hybridized carbons (Fsp3) is 0.600. The van der Waals surface area contributed by atoms with Crippen molar-refractivity contribution in [2.45, 2.75) is 32.3 Å². The molecule has 0 aliphatic heterocycles. The summed E-state index contributed by atoms with van der Waals surface area (Å²) >= 11 is 0. The van der Waals surface area contributed by atoms with E-state index >= 15 is 0 Å². The maximum Gasteiger partial charge on any atom is 0.276 e. The SMILES string of the molecule is COc1cc(CCOCCC(C)(C)O)c([N+](=O)[O-])cc1OC. The van der Waals surface area contributed by atoms with Crippen LogP contribution in [0.1, 0.15) is 25.8 Å². The van der Waals surface area contributed by atoms with E-state index in [1.807, 2.05) is 0 Å². The third-order valence-corrected chi connectivity index (χ3v) is 3.16. The predicted molar refractivity (Wildman–Crippen MR) is 81.6 cm³/mol. The molecule has 0 aliphatic carbocycles. The molecule has 0 spiro atoms. The molecule has 0 saturated heterocycles. The van der Waals surface area contributed by atoms with Gasteiger partial charge in [-0.3, -0.25) is 10.1 Å². The largest absolute Gasteiger partial charge is 0.493 e. The molecule has 1 aromatic carbocycles. The summed E-state index contributed by atoms with van der Waals surface area (Å²) in [4.78, 5) is 10.7. The lowest BCUT2D eigenvalue weighted by Gasteiger charge is -2.16. The van der Waals surface area contributed by atoms with E-state index < -0.39 is 10.5 Å². The predicted octanol–water partition coefficient (Wildman–Crippen LogP) is 2.33. The van der Waals surface area contributed by atoms with Crippen LogP contribution in [0.5, 0.6) is 11.5 Å². The van der Waals surface area contributed by atoms with Crippen LogP contribution >= 0.6 is 0 Å². The summed E-state index contributed by atoms with van der Waals surface area (Å²) < 4.78 is 15.7. The Hall–Kier alpha value is -1.86. The maximum atomic E-state index is 11.1. The van der Waals surface area contributed by atoms with E-state index in [2.05, 4.69) is 0 Å². The van der Waals surface area contributed by atoms with Crippen LogP contribution in [0.3, 0.4) is 0 Å². The molecule has 1 rings (SSSR count). The van der Waals surface area contributed by atoms with Crippen molar-refractivity contribution in [3.05, 3.63) is 27.8 Å². The van der Waals surface area contributed by atoms with E-state index in [0.717, 1.165) is 0 Å². The lowest BCUT2D eigenvalue weighted by atomic mass is 10.1. The summed E-state index contributed by atoms with van der Waals surface area (Å²) in [5.74, 6) is 0.764. The highest BCUT2D eigenvalue weighted by atomic mass is 16.6. The van der Waals surface area contributed by atoms with E-state index in [-0.39, 0.29) is 5.69 Å². The highest BCUT2D eigenvalue weighted by Crippen LogP contribution is 2.34. The molecule has 7 nitrogen and oxygen atoms in total. The number of aliphatic hydroxyl groups is 1. The Bertz CT molecular complexity index is 509. The summed E-state index contributed by atoms with van der Waals surface area (Å²) in [5, 5.41) is 20.7. The number of hydrogen-bond donors (Lipinski definition) is 1. The third kappa shape index (κ3) is 5.50. The van der Waals surface area contributed by atoms with Crippen molar-refractivity contribution < 1.29 is 24.2 Å². The van der Waals surface area contributed by atoms with Gasteiger partial charge in [0.15, 0.2) is 11.5 Å². The first kappa shape index (κ1) is 18.2. The van der Waals surface area contributed by atoms with E-state index in [9.17, 15) is 15.2 Å². The van der Waals surface area contributed by atoms with E-state index in [1.54, 1.807) is 19.9 Å². The van der Waals surface area contributed by atoms with Crippen LogP contribution in [0.25, 0.3) is 0 Å². The fourth-order valence-corrected chi connectivity index (χ4v) is 1.89. The molecule has 0 bridgehead atoms. The molecule has 0 heterocycles. The minimum Gasteiger partial charge on any atom is -0.493 e. The number of nitro benzene ring substituents is 1. The fourth-order valence-electron chi connectivity index (χ4n) is 1.89. The second kappa shape index (κ2) is 7.95. The van der Waals surface area contributed by atoms with Gasteiger partial charge in [-0.05, 0) is 26.3 Å². The first-order chi connectivity index (χ1) is 10.3. The number of rotatable bonds is 9. The Labute approximate surface area is 130 Å². The van der Waals surface area contributed by atoms with Crippen LogP contribution in [0.2, 0.25) is 0 Å². The molecule has 1 aromatic rings. The van der Waals surface area contributed by atoms with Gasteiger partial charge in [-0.1, -0.05) is 0 Å². The summed E-state index contributed by atoms with van der Waals surface area (Å²) in [6.45, 7) is 4.13. The Morgan fingerprint density at radius 1 is 1.18 bits per heavy atom. The van der Waals surface area contributed by atoms with Crippen molar-refractivity contribution in [1.29, 1.82) is 0 Å². The first-order valence-corrected chi connectivity index (χ1v) is 6.98. The minimum atomic E-state index is -0.782. The lowest BCUT2D eigenvalue weighted by molar-refractivity contribution is -0.385. The lowest BCUT2D eigenvalue weighted by Crippen LogP contribution is -2.21. The minimum absolute atomic E-state index is 0.0243. The number of benzene rings is 1. The smallest absolute Gasteiger partial charge is 0.276 e. The molecular formula is C15H23NO6. The van der Waals surface area contributed by atoms with Gasteiger partial charge in [0, 0.05) is 18.6 Å². The number of nitrogens with zero attached hydrogens (tertiary/aromatic N) is 1. The van der Waals surface area contributed by atoms with Gasteiger partial charge in [-0.25, -0.2) is 0 Å². The molecule has 1 N–H and O–H groups in total. The molecule has 0 unspecified atom stereocenters. The van der Waals surface area contributed by atoms with Crippen molar-refractivity contribution in [3.8, 4) is 11.5 Å². The van der Waals surface area contributed by atoms with Crippen LogP contribution in [0, 0.1) is 10.1 Å². The number of ether oxygens (including phenoxy) is 3. The van der Waals surface area contributed by atoms with Gasteiger partial charge < -0.3 is 19.3 Å². The second-order valence-electron chi connectivity index (χ2n) is 5.52. The second-order valence-corrected chi connectivity index (χ2v) is 5.52. The van der Waals surface area contributed by atoms with E-state index in [4.69, 9.17) is 14.2 Å². The molecule has 0 fully saturated rings. The monoisotopic (exact) mass is 313 g/mol. The van der Waals surface area contributed by atoms with Crippen molar-refractivity contribution in [2.75, 3.05) is 27.4 Å². The average Bonchev–Trinajstić information content (AvgIpc) is 2.44. The zero-order valence-electron chi connectivity index (χ0n) is 13.4.